The zero-order valence-electron chi connectivity index (χ0n) is 10.4. The highest BCUT2D eigenvalue weighted by Crippen LogP contribution is 2.21. The molecule has 0 bridgehead atoms. The summed E-state index contributed by atoms with van der Waals surface area (Å²) in [6.45, 7) is -0.309. The van der Waals surface area contributed by atoms with Crippen LogP contribution >= 0.6 is 0 Å². The number of nitrogens with zero attached hydrogens (tertiary/aromatic N) is 1. The number of carboxylic acid groups (broad SMARTS) is 1. The standard InChI is InChI=1S/C11H10F2N2O6/c12-6-4-7(13)8(15(20)21)3-5(6)10(17)14-2-1-9(16)11(18)19/h3-4,9,16H,1-2H2,(H,14,17)(H,18,19). The fraction of sp³-hybridized carbons (Fsp3) is 0.273. The Bertz CT molecular complexity index is 592. The maximum Gasteiger partial charge on any atom is 0.332 e. The zero-order chi connectivity index (χ0) is 16.2. The third kappa shape index (κ3) is 4.18. The number of nitro groups is 1. The molecule has 0 spiro atoms. The van der Waals surface area contributed by atoms with Crippen molar-refractivity contribution in [2.24, 2.45) is 0 Å². The van der Waals surface area contributed by atoms with Crippen molar-refractivity contribution in [1.82, 2.24) is 5.32 Å². The minimum atomic E-state index is -1.71. The van der Waals surface area contributed by atoms with Crippen molar-refractivity contribution < 1.29 is 33.5 Å². The number of amides is 1. The first-order valence-corrected chi connectivity index (χ1v) is 5.56. The number of benzene rings is 1. The van der Waals surface area contributed by atoms with Gasteiger partial charge in [-0.15, -0.1) is 0 Å². The smallest absolute Gasteiger partial charge is 0.332 e. The molecule has 0 aliphatic rings. The summed E-state index contributed by atoms with van der Waals surface area (Å²) in [5, 5.41) is 29.9. The molecule has 0 heterocycles. The molecular weight excluding hydrogens is 294 g/mol. The second-order valence-corrected chi connectivity index (χ2v) is 3.94. The number of rotatable bonds is 6. The van der Waals surface area contributed by atoms with Gasteiger partial charge in [-0.1, -0.05) is 0 Å². The molecule has 0 saturated carbocycles. The number of nitro benzene ring substituents is 1. The van der Waals surface area contributed by atoms with Gasteiger partial charge < -0.3 is 15.5 Å². The van der Waals surface area contributed by atoms with Crippen LogP contribution in [0.2, 0.25) is 0 Å². The number of nitrogens with one attached hydrogen (secondary N) is 1. The van der Waals surface area contributed by atoms with Gasteiger partial charge in [-0.05, 0) is 0 Å². The van der Waals surface area contributed by atoms with Gasteiger partial charge in [0.05, 0.1) is 10.5 Å². The molecule has 0 saturated heterocycles. The first-order valence-electron chi connectivity index (χ1n) is 5.56. The predicted molar refractivity (Wildman–Crippen MR) is 63.6 cm³/mol. The van der Waals surface area contributed by atoms with E-state index in [0.29, 0.717) is 6.07 Å². The summed E-state index contributed by atoms with van der Waals surface area (Å²) in [6, 6.07) is 0.646. The van der Waals surface area contributed by atoms with Crippen LogP contribution in [0.15, 0.2) is 12.1 Å². The van der Waals surface area contributed by atoms with Gasteiger partial charge >= 0.3 is 11.7 Å². The summed E-state index contributed by atoms with van der Waals surface area (Å²) < 4.78 is 26.5. The summed E-state index contributed by atoms with van der Waals surface area (Å²) >= 11 is 0. The Morgan fingerprint density at radius 2 is 1.95 bits per heavy atom. The highest BCUT2D eigenvalue weighted by molar-refractivity contribution is 5.95. The molecule has 1 amide bonds. The number of carboxylic acids is 1. The van der Waals surface area contributed by atoms with E-state index in [0.717, 1.165) is 0 Å². The number of halogens is 2. The summed E-state index contributed by atoms with van der Waals surface area (Å²) in [5.41, 5.74) is -1.82. The van der Waals surface area contributed by atoms with Gasteiger partial charge in [-0.2, -0.15) is 4.39 Å². The second kappa shape index (κ2) is 6.70. The van der Waals surface area contributed by atoms with Crippen LogP contribution in [0.25, 0.3) is 0 Å². The number of hydrogen-bond donors (Lipinski definition) is 3. The second-order valence-electron chi connectivity index (χ2n) is 3.94. The maximum atomic E-state index is 13.4. The van der Waals surface area contributed by atoms with Crippen LogP contribution < -0.4 is 5.32 Å². The van der Waals surface area contributed by atoms with Crippen LogP contribution in [0, 0.1) is 21.7 Å². The van der Waals surface area contributed by atoms with Crippen molar-refractivity contribution in [3.05, 3.63) is 39.4 Å². The van der Waals surface area contributed by atoms with E-state index in [9.17, 15) is 28.5 Å². The highest BCUT2D eigenvalue weighted by Gasteiger charge is 2.22. The number of carbonyl (C=O) groups excluding carboxylic acids is 1. The molecule has 21 heavy (non-hydrogen) atoms. The molecule has 1 unspecified atom stereocenters. The van der Waals surface area contributed by atoms with Gasteiger partial charge in [0, 0.05) is 25.1 Å². The van der Waals surface area contributed by atoms with Crippen LogP contribution in [-0.4, -0.2) is 39.7 Å². The number of carbonyl (C=O) groups is 2. The number of aliphatic carboxylic acids is 1. The van der Waals surface area contributed by atoms with Crippen molar-refractivity contribution >= 4 is 17.6 Å². The molecule has 8 nitrogen and oxygen atoms in total. The summed E-state index contributed by atoms with van der Waals surface area (Å²) in [4.78, 5) is 31.3. The summed E-state index contributed by atoms with van der Waals surface area (Å²) in [7, 11) is 0. The van der Waals surface area contributed by atoms with E-state index in [1.54, 1.807) is 0 Å². The quantitative estimate of drug-likeness (QED) is 0.516. The fourth-order valence-electron chi connectivity index (χ4n) is 1.39. The van der Waals surface area contributed by atoms with Gasteiger partial charge in [0.1, 0.15) is 5.82 Å². The molecule has 1 atom stereocenters. The van der Waals surface area contributed by atoms with Crippen molar-refractivity contribution in [2.75, 3.05) is 6.54 Å². The Labute approximate surface area is 116 Å². The van der Waals surface area contributed by atoms with E-state index >= 15 is 0 Å². The molecule has 114 valence electrons. The molecule has 0 radical (unpaired) electrons. The fourth-order valence-corrected chi connectivity index (χ4v) is 1.39. The van der Waals surface area contributed by atoms with Gasteiger partial charge in [-0.25, -0.2) is 9.18 Å². The number of hydrogen-bond acceptors (Lipinski definition) is 5. The van der Waals surface area contributed by atoms with Gasteiger partial charge in [0.25, 0.3) is 5.91 Å². The van der Waals surface area contributed by atoms with E-state index < -0.39 is 45.8 Å². The van der Waals surface area contributed by atoms with E-state index in [2.05, 4.69) is 5.32 Å². The van der Waals surface area contributed by atoms with Crippen LogP contribution in [0.5, 0.6) is 0 Å². The third-order valence-electron chi connectivity index (χ3n) is 2.47. The molecule has 3 N–H and O–H groups in total. The average molecular weight is 304 g/mol. The third-order valence-corrected chi connectivity index (χ3v) is 2.47. The van der Waals surface area contributed by atoms with Crippen molar-refractivity contribution in [1.29, 1.82) is 0 Å². The molecule has 0 aliphatic heterocycles. The lowest BCUT2D eigenvalue weighted by molar-refractivity contribution is -0.387. The number of aliphatic hydroxyl groups excluding tert-OH is 1. The lowest BCUT2D eigenvalue weighted by Gasteiger charge is -2.08. The normalized spacial score (nSPS) is 11.8. The van der Waals surface area contributed by atoms with Crippen LogP contribution in [0.1, 0.15) is 16.8 Å². The molecule has 1 aromatic rings. The van der Waals surface area contributed by atoms with Crippen molar-refractivity contribution in [2.45, 2.75) is 12.5 Å². The molecule has 1 aromatic carbocycles. The highest BCUT2D eigenvalue weighted by atomic mass is 19.1. The summed E-state index contributed by atoms with van der Waals surface area (Å²) in [6.07, 6.45) is -2.05. The van der Waals surface area contributed by atoms with Gasteiger partial charge in [0.15, 0.2) is 6.10 Å². The predicted octanol–water partition coefficient (Wildman–Crippen LogP) is 0.438. The van der Waals surface area contributed by atoms with Crippen LogP contribution in [0.3, 0.4) is 0 Å². The lowest BCUT2D eigenvalue weighted by Crippen LogP contribution is -2.30. The van der Waals surface area contributed by atoms with Crippen LogP contribution in [0.4, 0.5) is 14.5 Å². The maximum absolute atomic E-state index is 13.4. The summed E-state index contributed by atoms with van der Waals surface area (Å²) in [5.74, 6) is -5.30. The minimum absolute atomic E-state index is 0.207. The Morgan fingerprint density at radius 1 is 1.33 bits per heavy atom. The first kappa shape index (κ1) is 16.4. The van der Waals surface area contributed by atoms with E-state index in [1.807, 2.05) is 0 Å². The first-order chi connectivity index (χ1) is 9.73. The zero-order valence-corrected chi connectivity index (χ0v) is 10.4. The lowest BCUT2D eigenvalue weighted by atomic mass is 10.1. The average Bonchev–Trinajstić information content (AvgIpc) is 2.37. The van der Waals surface area contributed by atoms with Crippen molar-refractivity contribution in [3.8, 4) is 0 Å². The molecule has 0 fully saturated rings. The van der Waals surface area contributed by atoms with E-state index in [-0.39, 0.29) is 19.0 Å². The molecule has 10 heteroatoms. The minimum Gasteiger partial charge on any atom is -0.479 e. The number of aliphatic hydroxyl groups is 1. The largest absolute Gasteiger partial charge is 0.479 e. The monoisotopic (exact) mass is 304 g/mol. The molecular formula is C11H10F2N2O6. The Balaban J connectivity index is 2.81. The topological polar surface area (TPSA) is 130 Å². The van der Waals surface area contributed by atoms with Gasteiger partial charge in [0.2, 0.25) is 5.82 Å². The Hall–Kier alpha value is -2.62. The molecule has 0 aromatic heterocycles. The molecule has 0 aliphatic carbocycles. The van der Waals surface area contributed by atoms with Gasteiger partial charge in [-0.3, -0.25) is 14.9 Å². The Morgan fingerprint density at radius 3 is 2.48 bits per heavy atom. The van der Waals surface area contributed by atoms with E-state index in [1.165, 1.54) is 0 Å². The Kier molecular flexibility index (Phi) is 5.24. The van der Waals surface area contributed by atoms with E-state index in [4.69, 9.17) is 10.2 Å². The SMILES string of the molecule is O=C(NCCC(O)C(=O)O)c1cc([N+](=O)[O-])c(F)cc1F. The van der Waals surface area contributed by atoms with Crippen molar-refractivity contribution in [3.63, 3.8) is 0 Å². The van der Waals surface area contributed by atoms with Crippen LogP contribution in [-0.2, 0) is 4.79 Å². The molecule has 1 rings (SSSR count).